The Balaban J connectivity index is 1.32. The van der Waals surface area contributed by atoms with Crippen LogP contribution in [-0.4, -0.2) is 50.4 Å². The number of rotatable bonds is 5. The molecule has 3 aromatic carbocycles. The fraction of sp³-hybridized carbons (Fsp3) is 0.296. The van der Waals surface area contributed by atoms with Crippen molar-refractivity contribution in [1.82, 2.24) is 4.90 Å². The fourth-order valence-corrected chi connectivity index (χ4v) is 5.02. The molecule has 0 aliphatic carbocycles. The molecule has 0 radical (unpaired) electrons. The lowest BCUT2D eigenvalue weighted by atomic mass is 9.69. The Kier molecular flexibility index (Phi) is 5.56. The van der Waals surface area contributed by atoms with Crippen molar-refractivity contribution in [2.24, 2.45) is 4.99 Å². The highest BCUT2D eigenvalue weighted by atomic mass is 19.1. The molecule has 4 heteroatoms. The molecule has 2 aliphatic heterocycles. The van der Waals surface area contributed by atoms with Gasteiger partial charge in [0, 0.05) is 43.5 Å². The van der Waals surface area contributed by atoms with E-state index in [0.717, 1.165) is 51.4 Å². The normalized spacial score (nSPS) is 21.1. The average Bonchev–Trinajstić information content (AvgIpc) is 2.84. The maximum atomic E-state index is 13.2. The molecule has 31 heavy (non-hydrogen) atoms. The van der Waals surface area contributed by atoms with Gasteiger partial charge < -0.3 is 4.90 Å². The second-order valence-corrected chi connectivity index (χ2v) is 8.56. The molecule has 0 bridgehead atoms. The van der Waals surface area contributed by atoms with Gasteiger partial charge in [0.25, 0.3) is 0 Å². The molecule has 2 aliphatic rings. The Hall–Kier alpha value is -2.98. The van der Waals surface area contributed by atoms with Crippen molar-refractivity contribution in [2.75, 3.05) is 44.2 Å². The third-order valence-electron chi connectivity index (χ3n) is 6.81. The molecule has 1 unspecified atom stereocenters. The predicted molar refractivity (Wildman–Crippen MR) is 126 cm³/mol. The van der Waals surface area contributed by atoms with Gasteiger partial charge in [-0.15, -0.1) is 0 Å². The highest BCUT2D eigenvalue weighted by molar-refractivity contribution is 5.84. The maximum Gasteiger partial charge on any atom is 0.123 e. The third kappa shape index (κ3) is 4.00. The van der Waals surface area contributed by atoms with Gasteiger partial charge in [0.1, 0.15) is 5.82 Å². The van der Waals surface area contributed by atoms with Crippen molar-refractivity contribution in [3.8, 4) is 0 Å². The summed E-state index contributed by atoms with van der Waals surface area (Å²) in [5.41, 5.74) is 5.00. The monoisotopic (exact) mass is 413 g/mol. The average molecular weight is 414 g/mol. The van der Waals surface area contributed by atoms with E-state index in [1.807, 2.05) is 18.3 Å². The van der Waals surface area contributed by atoms with Gasteiger partial charge in [-0.3, -0.25) is 9.89 Å². The van der Waals surface area contributed by atoms with Crippen LogP contribution in [0.4, 0.5) is 10.1 Å². The largest absolute Gasteiger partial charge is 0.369 e. The minimum atomic E-state index is -0.177. The first-order valence-electron chi connectivity index (χ1n) is 11.1. The summed E-state index contributed by atoms with van der Waals surface area (Å²) in [5, 5.41) is 0. The van der Waals surface area contributed by atoms with Crippen molar-refractivity contribution >= 4 is 11.9 Å². The van der Waals surface area contributed by atoms with E-state index in [-0.39, 0.29) is 11.2 Å². The molecule has 3 nitrogen and oxygen atoms in total. The summed E-state index contributed by atoms with van der Waals surface area (Å²) >= 11 is 0. The minimum Gasteiger partial charge on any atom is -0.369 e. The smallest absolute Gasteiger partial charge is 0.123 e. The molecule has 1 saturated heterocycles. The molecule has 0 saturated carbocycles. The number of benzene rings is 3. The maximum absolute atomic E-state index is 13.2. The van der Waals surface area contributed by atoms with E-state index in [1.54, 1.807) is 12.1 Å². The van der Waals surface area contributed by atoms with Gasteiger partial charge in [-0.25, -0.2) is 4.39 Å². The van der Waals surface area contributed by atoms with Gasteiger partial charge in [-0.2, -0.15) is 0 Å². The second kappa shape index (κ2) is 8.64. The number of nitrogens with zero attached hydrogens (tertiary/aromatic N) is 3. The first kappa shape index (κ1) is 20.0. The number of fused-ring (bicyclic) bond motifs is 1. The molecule has 0 N–H and O–H groups in total. The number of hydrogen-bond acceptors (Lipinski definition) is 3. The standard InChI is InChI=1S/C27H28FN3/c28-24-10-12-25(13-11-24)31-18-16-30(17-19-31)15-14-27(23-7-2-1-3-8-23)21-29-20-22-6-4-5-9-26(22)27/h1-13,20H,14-19,21H2. The highest BCUT2D eigenvalue weighted by Gasteiger charge is 2.37. The van der Waals surface area contributed by atoms with Gasteiger partial charge in [0.2, 0.25) is 0 Å². The first-order valence-corrected chi connectivity index (χ1v) is 11.1. The molecule has 0 amide bonds. The third-order valence-corrected chi connectivity index (χ3v) is 6.81. The zero-order valence-corrected chi connectivity index (χ0v) is 17.8. The van der Waals surface area contributed by atoms with Crippen LogP contribution in [0.25, 0.3) is 0 Å². The summed E-state index contributed by atoms with van der Waals surface area (Å²) in [6.45, 7) is 5.82. The highest BCUT2D eigenvalue weighted by Crippen LogP contribution is 2.40. The second-order valence-electron chi connectivity index (χ2n) is 8.56. The molecule has 158 valence electrons. The number of anilines is 1. The summed E-state index contributed by atoms with van der Waals surface area (Å²) in [5.74, 6) is -0.177. The number of halogens is 1. The van der Waals surface area contributed by atoms with Crippen LogP contribution in [0.5, 0.6) is 0 Å². The number of aliphatic imine (C=N–C) groups is 1. The van der Waals surface area contributed by atoms with Crippen LogP contribution in [0.2, 0.25) is 0 Å². The van der Waals surface area contributed by atoms with Crippen molar-refractivity contribution in [3.05, 3.63) is 101 Å². The Morgan fingerprint density at radius 1 is 0.806 bits per heavy atom. The van der Waals surface area contributed by atoms with Gasteiger partial charge in [-0.05, 0) is 53.9 Å². The van der Waals surface area contributed by atoms with Crippen molar-refractivity contribution in [2.45, 2.75) is 11.8 Å². The Morgan fingerprint density at radius 2 is 1.52 bits per heavy atom. The van der Waals surface area contributed by atoms with E-state index < -0.39 is 0 Å². The molecule has 0 aromatic heterocycles. The Morgan fingerprint density at radius 3 is 2.29 bits per heavy atom. The molecule has 1 atom stereocenters. The molecule has 5 rings (SSSR count). The van der Waals surface area contributed by atoms with E-state index in [4.69, 9.17) is 4.99 Å². The fourth-order valence-electron chi connectivity index (χ4n) is 5.02. The van der Waals surface area contributed by atoms with E-state index in [2.05, 4.69) is 64.4 Å². The Bertz CT molecular complexity index is 1040. The van der Waals surface area contributed by atoms with Gasteiger partial charge >= 0.3 is 0 Å². The number of piperazine rings is 1. The number of hydrogen-bond donors (Lipinski definition) is 0. The van der Waals surface area contributed by atoms with Crippen molar-refractivity contribution < 1.29 is 4.39 Å². The van der Waals surface area contributed by atoms with E-state index in [1.165, 1.54) is 16.7 Å². The molecule has 0 spiro atoms. The van der Waals surface area contributed by atoms with Crippen molar-refractivity contribution in [3.63, 3.8) is 0 Å². The summed E-state index contributed by atoms with van der Waals surface area (Å²) in [7, 11) is 0. The van der Waals surface area contributed by atoms with Gasteiger partial charge in [-0.1, -0.05) is 54.6 Å². The van der Waals surface area contributed by atoms with E-state index in [9.17, 15) is 4.39 Å². The molecule has 1 fully saturated rings. The minimum absolute atomic E-state index is 0.0826. The van der Waals surface area contributed by atoms with Crippen LogP contribution < -0.4 is 4.90 Å². The Labute approximate surface area is 183 Å². The predicted octanol–water partition coefficient (Wildman–Crippen LogP) is 4.76. The summed E-state index contributed by atoms with van der Waals surface area (Å²) in [4.78, 5) is 9.70. The molecular weight excluding hydrogens is 385 g/mol. The quantitative estimate of drug-likeness (QED) is 0.601. The lowest BCUT2D eigenvalue weighted by molar-refractivity contribution is 0.236. The van der Waals surface area contributed by atoms with Crippen LogP contribution in [0, 0.1) is 5.82 Å². The lowest BCUT2D eigenvalue weighted by Crippen LogP contribution is -2.48. The zero-order valence-electron chi connectivity index (χ0n) is 17.8. The van der Waals surface area contributed by atoms with Crippen molar-refractivity contribution in [1.29, 1.82) is 0 Å². The molecule has 2 heterocycles. The van der Waals surface area contributed by atoms with Crippen LogP contribution in [0.15, 0.2) is 83.9 Å². The van der Waals surface area contributed by atoms with E-state index >= 15 is 0 Å². The first-order chi connectivity index (χ1) is 15.2. The topological polar surface area (TPSA) is 18.8 Å². The molecule has 3 aromatic rings. The summed E-state index contributed by atoms with van der Waals surface area (Å²) in [6.07, 6.45) is 3.07. The van der Waals surface area contributed by atoms with Crippen LogP contribution >= 0.6 is 0 Å². The lowest BCUT2D eigenvalue weighted by Gasteiger charge is -2.41. The van der Waals surface area contributed by atoms with Gasteiger partial charge in [0.15, 0.2) is 0 Å². The van der Waals surface area contributed by atoms with E-state index in [0.29, 0.717) is 0 Å². The van der Waals surface area contributed by atoms with Crippen LogP contribution in [0.3, 0.4) is 0 Å². The summed E-state index contributed by atoms with van der Waals surface area (Å²) < 4.78 is 13.2. The molecular formula is C27H28FN3. The van der Waals surface area contributed by atoms with Crippen LogP contribution in [0.1, 0.15) is 23.1 Å². The SMILES string of the molecule is Fc1ccc(N2CCN(CCC3(c4ccccc4)CN=Cc4ccccc43)CC2)cc1. The zero-order chi connectivity index (χ0) is 21.1. The van der Waals surface area contributed by atoms with Crippen LogP contribution in [-0.2, 0) is 5.41 Å². The van der Waals surface area contributed by atoms with Gasteiger partial charge in [0.05, 0.1) is 6.54 Å². The summed E-state index contributed by atoms with van der Waals surface area (Å²) in [6, 6.07) is 26.4.